The molecule has 0 saturated heterocycles. The number of methoxy groups -OCH3 is 1. The largest absolute Gasteiger partial charge is 0.465 e. The molecule has 0 heterocycles. The fraction of sp³-hybridized carbons (Fsp3) is 0.273. The van der Waals surface area contributed by atoms with E-state index < -0.39 is 18.0 Å². The van der Waals surface area contributed by atoms with Gasteiger partial charge < -0.3 is 4.74 Å². The van der Waals surface area contributed by atoms with Crippen molar-refractivity contribution in [3.05, 3.63) is 34.4 Å². The molecule has 1 rings (SSSR count). The first kappa shape index (κ1) is 13.4. The Hall–Kier alpha value is -1.67. The molecule has 0 N–H and O–H groups in total. The summed E-state index contributed by atoms with van der Waals surface area (Å²) in [7, 11) is 1.14. The Morgan fingerprint density at radius 2 is 2.24 bits per heavy atom. The molecule has 1 aromatic rings. The summed E-state index contributed by atoms with van der Waals surface area (Å²) in [6, 6.07) is 4.06. The average Bonchev–Trinajstić information content (AvgIpc) is 2.35. The lowest BCUT2D eigenvalue weighted by molar-refractivity contribution is 0.0599. The zero-order chi connectivity index (χ0) is 13.0. The highest BCUT2D eigenvalue weighted by molar-refractivity contribution is 6.17. The maximum absolute atomic E-state index is 12.8. The number of hydrogen-bond donors (Lipinski definition) is 0. The number of esters is 1. The number of hydrogen-bond acceptors (Lipinski definition) is 3. The van der Waals surface area contributed by atoms with E-state index in [1.54, 1.807) is 6.07 Å². The van der Waals surface area contributed by atoms with Crippen LogP contribution in [-0.4, -0.2) is 13.1 Å². The summed E-state index contributed by atoms with van der Waals surface area (Å²) in [5.74, 6) is -1.05. The van der Waals surface area contributed by atoms with Crippen LogP contribution >= 0.6 is 11.6 Å². The smallest absolute Gasteiger partial charge is 0.338 e. The van der Waals surface area contributed by atoms with Crippen LogP contribution in [0.3, 0.4) is 0 Å². The minimum absolute atomic E-state index is 0.0446. The van der Waals surface area contributed by atoms with Gasteiger partial charge in [-0.05, 0) is 17.7 Å². The second-order valence-corrected chi connectivity index (χ2v) is 3.36. The minimum atomic E-state index is -2.87. The van der Waals surface area contributed by atoms with Crippen molar-refractivity contribution in [3.63, 3.8) is 0 Å². The number of rotatable bonds is 3. The van der Waals surface area contributed by atoms with E-state index in [0.29, 0.717) is 0 Å². The monoisotopic (exact) mass is 259 g/mol. The summed E-state index contributed by atoms with van der Waals surface area (Å²) in [5, 5.41) is 8.73. The lowest BCUT2D eigenvalue weighted by Gasteiger charge is -2.12. The van der Waals surface area contributed by atoms with Gasteiger partial charge in [-0.1, -0.05) is 0 Å². The van der Waals surface area contributed by atoms with Crippen molar-refractivity contribution in [2.45, 2.75) is 12.3 Å². The Morgan fingerprint density at radius 1 is 1.59 bits per heavy atom. The number of benzene rings is 1. The molecule has 0 aliphatic heterocycles. The van der Waals surface area contributed by atoms with Crippen LogP contribution in [0.4, 0.5) is 8.78 Å². The molecule has 17 heavy (non-hydrogen) atoms. The maximum Gasteiger partial charge on any atom is 0.338 e. The van der Waals surface area contributed by atoms with Crippen molar-refractivity contribution in [1.82, 2.24) is 0 Å². The van der Waals surface area contributed by atoms with E-state index in [9.17, 15) is 13.6 Å². The van der Waals surface area contributed by atoms with E-state index in [0.717, 1.165) is 13.2 Å². The van der Waals surface area contributed by atoms with E-state index in [-0.39, 0.29) is 22.6 Å². The minimum Gasteiger partial charge on any atom is -0.465 e. The Bertz CT molecular complexity index is 483. The molecule has 0 amide bonds. The van der Waals surface area contributed by atoms with E-state index >= 15 is 0 Å². The number of nitrogens with zero attached hydrogens (tertiary/aromatic N) is 1. The van der Waals surface area contributed by atoms with Gasteiger partial charge in [-0.25, -0.2) is 13.6 Å². The molecule has 6 heteroatoms. The second-order valence-electron chi connectivity index (χ2n) is 3.09. The maximum atomic E-state index is 12.8. The molecule has 0 saturated carbocycles. The summed E-state index contributed by atoms with van der Waals surface area (Å²) in [4.78, 5) is 11.4. The second kappa shape index (κ2) is 5.60. The molecule has 3 nitrogen and oxygen atoms in total. The van der Waals surface area contributed by atoms with Crippen LogP contribution in [0.25, 0.3) is 0 Å². The van der Waals surface area contributed by atoms with Crippen LogP contribution < -0.4 is 0 Å². The molecule has 90 valence electrons. The van der Waals surface area contributed by atoms with Gasteiger partial charge in [-0.3, -0.25) is 0 Å². The number of ether oxygens (including phenoxy) is 1. The number of alkyl halides is 3. The molecular weight excluding hydrogens is 252 g/mol. The van der Waals surface area contributed by atoms with E-state index in [1.165, 1.54) is 6.07 Å². The first-order valence-corrected chi connectivity index (χ1v) is 5.08. The topological polar surface area (TPSA) is 50.1 Å². The van der Waals surface area contributed by atoms with Crippen LogP contribution in [0.1, 0.15) is 33.5 Å². The molecule has 0 aliphatic carbocycles. The SMILES string of the molecule is COC(=O)c1ccc(C#N)c(C(F)F)c1CCl. The van der Waals surface area contributed by atoms with Gasteiger partial charge in [0.05, 0.1) is 24.3 Å². The van der Waals surface area contributed by atoms with E-state index in [1.807, 2.05) is 0 Å². The van der Waals surface area contributed by atoms with Gasteiger partial charge in [0.15, 0.2) is 0 Å². The first-order valence-electron chi connectivity index (χ1n) is 4.55. The van der Waals surface area contributed by atoms with Crippen molar-refractivity contribution in [1.29, 1.82) is 5.26 Å². The summed E-state index contributed by atoms with van der Waals surface area (Å²) < 4.78 is 30.2. The van der Waals surface area contributed by atoms with Crippen molar-refractivity contribution >= 4 is 17.6 Å². The highest BCUT2D eigenvalue weighted by atomic mass is 35.5. The van der Waals surface area contributed by atoms with Crippen LogP contribution in [0.5, 0.6) is 0 Å². The quantitative estimate of drug-likeness (QED) is 0.619. The van der Waals surface area contributed by atoms with E-state index in [2.05, 4.69) is 4.74 Å². The predicted octanol–water partition coefficient (Wildman–Crippen LogP) is 3.02. The summed E-state index contributed by atoms with van der Waals surface area (Å²) in [6.45, 7) is 0. The lowest BCUT2D eigenvalue weighted by atomic mass is 9.97. The van der Waals surface area contributed by atoms with Gasteiger partial charge in [-0.15, -0.1) is 11.6 Å². The number of carbonyl (C=O) groups excluding carboxylic acids is 1. The number of nitriles is 1. The number of halogens is 3. The molecule has 0 aliphatic rings. The fourth-order valence-corrected chi connectivity index (χ4v) is 1.74. The van der Waals surface area contributed by atoms with Crippen molar-refractivity contribution in [2.24, 2.45) is 0 Å². The van der Waals surface area contributed by atoms with Gasteiger partial charge in [-0.2, -0.15) is 5.26 Å². The summed E-state index contributed by atoms with van der Waals surface area (Å²) in [6.07, 6.45) is -2.87. The predicted molar refractivity (Wildman–Crippen MR) is 57.0 cm³/mol. The highest BCUT2D eigenvalue weighted by Gasteiger charge is 2.23. The standard InChI is InChI=1S/C11H8ClF2NO2/c1-17-11(16)7-3-2-6(5-15)9(10(13)14)8(7)4-12/h2-3,10H,4H2,1H3. The molecule has 0 fully saturated rings. The normalized spacial score (nSPS) is 10.1. The molecule has 0 radical (unpaired) electrons. The third kappa shape index (κ3) is 2.53. The average molecular weight is 260 g/mol. The van der Waals surface area contributed by atoms with Crippen LogP contribution in [0, 0.1) is 11.3 Å². The lowest BCUT2D eigenvalue weighted by Crippen LogP contribution is -2.09. The zero-order valence-corrected chi connectivity index (χ0v) is 9.59. The third-order valence-corrected chi connectivity index (χ3v) is 2.50. The van der Waals surface area contributed by atoms with Crippen LogP contribution in [0.15, 0.2) is 12.1 Å². The first-order chi connectivity index (χ1) is 8.06. The van der Waals surface area contributed by atoms with Gasteiger partial charge in [0.2, 0.25) is 0 Å². The molecule has 0 bridgehead atoms. The third-order valence-electron chi connectivity index (χ3n) is 2.23. The molecule has 0 unspecified atom stereocenters. The molecule has 0 atom stereocenters. The van der Waals surface area contributed by atoms with Gasteiger partial charge in [0.25, 0.3) is 6.43 Å². The van der Waals surface area contributed by atoms with Gasteiger partial charge in [0.1, 0.15) is 0 Å². The molecule has 0 spiro atoms. The van der Waals surface area contributed by atoms with Crippen molar-refractivity contribution in [2.75, 3.05) is 7.11 Å². The Morgan fingerprint density at radius 3 is 2.65 bits per heavy atom. The van der Waals surface area contributed by atoms with Crippen molar-refractivity contribution < 1.29 is 18.3 Å². The fourth-order valence-electron chi connectivity index (χ4n) is 1.46. The zero-order valence-electron chi connectivity index (χ0n) is 8.84. The summed E-state index contributed by atoms with van der Waals surface area (Å²) >= 11 is 5.56. The number of carbonyl (C=O) groups is 1. The Labute approximate surface area is 102 Å². The molecule has 1 aromatic carbocycles. The summed E-state index contributed by atoms with van der Waals surface area (Å²) in [5.41, 5.74) is -0.807. The van der Waals surface area contributed by atoms with Gasteiger partial charge >= 0.3 is 5.97 Å². The van der Waals surface area contributed by atoms with Crippen molar-refractivity contribution in [3.8, 4) is 6.07 Å². The highest BCUT2D eigenvalue weighted by Crippen LogP contribution is 2.30. The molecule has 0 aromatic heterocycles. The van der Waals surface area contributed by atoms with Crippen LogP contribution in [0.2, 0.25) is 0 Å². The van der Waals surface area contributed by atoms with Crippen LogP contribution in [-0.2, 0) is 10.6 Å². The van der Waals surface area contributed by atoms with Gasteiger partial charge in [0, 0.05) is 11.4 Å². The Kier molecular flexibility index (Phi) is 4.41. The molecular formula is C11H8ClF2NO2. The Balaban J connectivity index is 3.53. The van der Waals surface area contributed by atoms with E-state index in [4.69, 9.17) is 16.9 Å².